The van der Waals surface area contributed by atoms with Crippen LogP contribution in [0.1, 0.15) is 26.6 Å². The summed E-state index contributed by atoms with van der Waals surface area (Å²) >= 11 is 4.80. The highest BCUT2D eigenvalue weighted by molar-refractivity contribution is 8.00. The van der Waals surface area contributed by atoms with Gasteiger partial charge in [0.15, 0.2) is 9.50 Å². The van der Waals surface area contributed by atoms with Crippen LogP contribution in [0.15, 0.2) is 33.8 Å². The smallest absolute Gasteiger partial charge is 0.191 e. The van der Waals surface area contributed by atoms with Crippen LogP contribution in [-0.2, 0) is 17.6 Å². The predicted molar refractivity (Wildman–Crippen MR) is 105 cm³/mol. The van der Waals surface area contributed by atoms with E-state index in [1.165, 1.54) is 16.5 Å². The molecule has 2 aromatic heterocycles. The maximum atomic E-state index is 12.1. The van der Waals surface area contributed by atoms with Gasteiger partial charge in [0.1, 0.15) is 11.6 Å². The third kappa shape index (κ3) is 4.43. The minimum atomic E-state index is -0.322. The average molecular weight is 393 g/mol. The van der Waals surface area contributed by atoms with Crippen LogP contribution in [-0.4, -0.2) is 31.3 Å². The number of carbonyl (C=O) groups is 1. The molecular formula is C17H20N4OS3. The van der Waals surface area contributed by atoms with E-state index >= 15 is 0 Å². The minimum Gasteiger partial charge on any atom is -0.308 e. The molecule has 132 valence electrons. The molecule has 0 N–H and O–H groups in total. The number of carbonyl (C=O) groups excluding carboxylic acids is 1. The summed E-state index contributed by atoms with van der Waals surface area (Å²) in [4.78, 5) is 16.7. The van der Waals surface area contributed by atoms with Gasteiger partial charge in [0.2, 0.25) is 0 Å². The van der Waals surface area contributed by atoms with Crippen molar-refractivity contribution in [1.82, 2.24) is 19.7 Å². The molecular weight excluding hydrogens is 372 g/mol. The zero-order valence-corrected chi connectivity index (χ0v) is 17.1. The fourth-order valence-electron chi connectivity index (χ4n) is 1.98. The molecule has 1 aromatic carbocycles. The molecule has 25 heavy (non-hydrogen) atoms. The lowest BCUT2D eigenvalue weighted by Gasteiger charge is -2.15. The number of thiazole rings is 1. The van der Waals surface area contributed by atoms with Crippen LogP contribution < -0.4 is 0 Å². The summed E-state index contributed by atoms with van der Waals surface area (Å²) in [6, 6.07) is 8.14. The van der Waals surface area contributed by atoms with E-state index < -0.39 is 0 Å². The molecule has 0 aliphatic rings. The molecule has 2 heterocycles. The lowest BCUT2D eigenvalue weighted by atomic mass is 9.92. The van der Waals surface area contributed by atoms with Gasteiger partial charge in [-0.25, -0.2) is 4.98 Å². The molecule has 0 amide bonds. The first kappa shape index (κ1) is 18.4. The summed E-state index contributed by atoms with van der Waals surface area (Å²) in [6.07, 6.45) is 0. The Kier molecular flexibility index (Phi) is 5.50. The van der Waals surface area contributed by atoms with Crippen LogP contribution in [0.4, 0.5) is 0 Å². The Balaban J connectivity index is 1.62. The van der Waals surface area contributed by atoms with E-state index in [0.29, 0.717) is 11.5 Å². The first-order chi connectivity index (χ1) is 11.8. The zero-order valence-electron chi connectivity index (χ0n) is 14.6. The summed E-state index contributed by atoms with van der Waals surface area (Å²) in [7, 11) is 1.94. The number of hydrogen-bond donors (Lipinski definition) is 0. The van der Waals surface area contributed by atoms with E-state index in [0.717, 1.165) is 20.8 Å². The number of fused-ring (bicyclic) bond motifs is 1. The van der Waals surface area contributed by atoms with Gasteiger partial charge in [0.25, 0.3) is 0 Å². The van der Waals surface area contributed by atoms with E-state index in [1.54, 1.807) is 23.1 Å². The Bertz CT molecular complexity index is 862. The van der Waals surface area contributed by atoms with Crippen molar-refractivity contribution in [2.45, 2.75) is 36.0 Å². The maximum Gasteiger partial charge on any atom is 0.191 e. The van der Waals surface area contributed by atoms with Gasteiger partial charge < -0.3 is 4.57 Å². The van der Waals surface area contributed by atoms with Crippen molar-refractivity contribution in [3.63, 3.8) is 0 Å². The number of para-hydroxylation sites is 1. The number of nitrogens with zero attached hydrogens (tertiary/aromatic N) is 4. The molecule has 0 bridgehead atoms. The fraction of sp³-hybridized carbons (Fsp3) is 0.412. The summed E-state index contributed by atoms with van der Waals surface area (Å²) in [5.41, 5.74) is 0.710. The number of Topliss-reactive ketones (excluding diaryl/α,β-unsaturated/α-hetero) is 1. The lowest BCUT2D eigenvalue weighted by Crippen LogP contribution is -2.22. The number of rotatable bonds is 6. The third-order valence-electron chi connectivity index (χ3n) is 3.69. The maximum absolute atomic E-state index is 12.1. The van der Waals surface area contributed by atoms with Crippen molar-refractivity contribution < 1.29 is 4.79 Å². The van der Waals surface area contributed by atoms with Gasteiger partial charge in [0.05, 0.1) is 21.7 Å². The molecule has 3 rings (SSSR count). The molecule has 0 unspecified atom stereocenters. The van der Waals surface area contributed by atoms with Gasteiger partial charge in [-0.05, 0) is 12.1 Å². The average Bonchev–Trinajstić information content (AvgIpc) is 3.13. The number of aromatic nitrogens is 4. The predicted octanol–water partition coefficient (Wildman–Crippen LogP) is 4.42. The van der Waals surface area contributed by atoms with Crippen LogP contribution >= 0.6 is 34.9 Å². The quantitative estimate of drug-likeness (QED) is 0.579. The van der Waals surface area contributed by atoms with Crippen LogP contribution in [0.5, 0.6) is 0 Å². The molecule has 0 saturated heterocycles. The second-order valence-electron chi connectivity index (χ2n) is 6.66. The molecule has 0 aliphatic heterocycles. The molecule has 0 atom stereocenters. The molecule has 0 aliphatic carbocycles. The first-order valence-corrected chi connectivity index (χ1v) is 10.7. The highest BCUT2D eigenvalue weighted by Crippen LogP contribution is 2.31. The Labute approximate surface area is 159 Å². The Hall–Kier alpha value is -1.38. The number of hydrogen-bond acceptors (Lipinski definition) is 7. The van der Waals surface area contributed by atoms with Crippen LogP contribution in [0.25, 0.3) is 10.2 Å². The standard InChI is InChI=1S/C17H20N4OS3/c1-17(2,3)13(22)9-23-15-20-19-14(21(15)4)10-24-16-18-11-7-5-6-8-12(11)25-16/h5-8H,9-10H2,1-4H3. The molecule has 0 saturated carbocycles. The van der Waals surface area contributed by atoms with E-state index in [2.05, 4.69) is 21.2 Å². The van der Waals surface area contributed by atoms with Gasteiger partial charge in [-0.1, -0.05) is 56.4 Å². The molecule has 0 spiro atoms. The Morgan fingerprint density at radius 3 is 2.68 bits per heavy atom. The highest BCUT2D eigenvalue weighted by atomic mass is 32.2. The van der Waals surface area contributed by atoms with Gasteiger partial charge in [-0.3, -0.25) is 4.79 Å². The monoisotopic (exact) mass is 392 g/mol. The van der Waals surface area contributed by atoms with Gasteiger partial charge in [-0.2, -0.15) is 0 Å². The second-order valence-corrected chi connectivity index (χ2v) is 9.85. The van der Waals surface area contributed by atoms with E-state index in [-0.39, 0.29) is 11.2 Å². The van der Waals surface area contributed by atoms with Crippen molar-refractivity contribution in [2.24, 2.45) is 12.5 Å². The van der Waals surface area contributed by atoms with Crippen molar-refractivity contribution >= 4 is 50.9 Å². The Morgan fingerprint density at radius 2 is 1.96 bits per heavy atom. The highest BCUT2D eigenvalue weighted by Gasteiger charge is 2.22. The van der Waals surface area contributed by atoms with Gasteiger partial charge in [-0.15, -0.1) is 21.5 Å². The summed E-state index contributed by atoms with van der Waals surface area (Å²) in [5, 5.41) is 9.26. The molecule has 3 aromatic rings. The van der Waals surface area contributed by atoms with Crippen molar-refractivity contribution in [1.29, 1.82) is 0 Å². The lowest BCUT2D eigenvalue weighted by molar-refractivity contribution is -0.123. The molecule has 5 nitrogen and oxygen atoms in total. The largest absolute Gasteiger partial charge is 0.308 e. The third-order valence-corrected chi connectivity index (χ3v) is 6.89. The normalized spacial score (nSPS) is 12.0. The molecule has 0 fully saturated rings. The fourth-order valence-corrected chi connectivity index (χ4v) is 5.12. The number of benzene rings is 1. The van der Waals surface area contributed by atoms with Crippen LogP contribution in [0.3, 0.4) is 0 Å². The first-order valence-electron chi connectivity index (χ1n) is 7.87. The van der Waals surface area contributed by atoms with Crippen LogP contribution in [0.2, 0.25) is 0 Å². The van der Waals surface area contributed by atoms with Crippen molar-refractivity contribution in [2.75, 3.05) is 5.75 Å². The minimum absolute atomic E-state index is 0.214. The Morgan fingerprint density at radius 1 is 1.20 bits per heavy atom. The summed E-state index contributed by atoms with van der Waals surface area (Å²) in [6.45, 7) is 5.81. The zero-order chi connectivity index (χ0) is 18.0. The number of ketones is 1. The van der Waals surface area contributed by atoms with E-state index in [9.17, 15) is 4.79 Å². The molecule has 0 radical (unpaired) electrons. The van der Waals surface area contributed by atoms with Crippen LogP contribution in [0, 0.1) is 5.41 Å². The van der Waals surface area contributed by atoms with Crippen molar-refractivity contribution in [3.05, 3.63) is 30.1 Å². The van der Waals surface area contributed by atoms with E-state index in [4.69, 9.17) is 0 Å². The second kappa shape index (κ2) is 7.47. The van der Waals surface area contributed by atoms with Gasteiger partial charge in [0, 0.05) is 12.5 Å². The SMILES string of the molecule is Cn1c(CSc2nc3ccccc3s2)nnc1SCC(=O)C(C)(C)C. The number of thioether (sulfide) groups is 2. The topological polar surface area (TPSA) is 60.7 Å². The summed E-state index contributed by atoms with van der Waals surface area (Å²) in [5.74, 6) is 2.22. The van der Waals surface area contributed by atoms with Crippen molar-refractivity contribution in [3.8, 4) is 0 Å². The van der Waals surface area contributed by atoms with Gasteiger partial charge >= 0.3 is 0 Å². The summed E-state index contributed by atoms with van der Waals surface area (Å²) < 4.78 is 4.18. The molecule has 8 heteroatoms. The van der Waals surface area contributed by atoms with E-state index in [1.807, 2.05) is 50.6 Å².